The van der Waals surface area contributed by atoms with Crippen LogP contribution in [-0.2, 0) is 0 Å². The van der Waals surface area contributed by atoms with Crippen molar-refractivity contribution in [3.63, 3.8) is 0 Å². The third kappa shape index (κ3) is 2.31. The highest BCUT2D eigenvalue weighted by Gasteiger charge is 2.42. The van der Waals surface area contributed by atoms with Crippen molar-refractivity contribution in [3.05, 3.63) is 18.5 Å². The average Bonchev–Trinajstić information content (AvgIpc) is 2.69. The molecule has 0 saturated carbocycles. The van der Waals surface area contributed by atoms with Gasteiger partial charge >= 0.3 is 6.18 Å². The molecule has 1 aromatic heterocycles. The monoisotopic (exact) mass is 219 g/mol. The van der Waals surface area contributed by atoms with Crippen molar-refractivity contribution in [3.8, 4) is 0 Å². The summed E-state index contributed by atoms with van der Waals surface area (Å²) in [4.78, 5) is 0. The Morgan fingerprint density at radius 2 is 2.20 bits per heavy atom. The Morgan fingerprint density at radius 1 is 1.40 bits per heavy atom. The number of piperidine rings is 1. The maximum Gasteiger partial charge on any atom is 0.403 e. The molecular formula is C9H12F3N3. The Morgan fingerprint density at radius 3 is 2.80 bits per heavy atom. The summed E-state index contributed by atoms with van der Waals surface area (Å²) in [6, 6.07) is 0.179. The molecule has 0 unspecified atom stereocenters. The summed E-state index contributed by atoms with van der Waals surface area (Å²) in [6.45, 7) is 0.384. The molecule has 1 N–H and O–H groups in total. The zero-order valence-electron chi connectivity index (χ0n) is 8.04. The molecule has 2 atom stereocenters. The van der Waals surface area contributed by atoms with Crippen LogP contribution < -0.4 is 5.32 Å². The number of alkyl halides is 3. The van der Waals surface area contributed by atoms with Gasteiger partial charge in [0.05, 0.1) is 6.04 Å². The van der Waals surface area contributed by atoms with E-state index in [0.29, 0.717) is 13.0 Å². The van der Waals surface area contributed by atoms with Crippen LogP contribution in [0.4, 0.5) is 13.2 Å². The number of aromatic nitrogens is 2. The lowest BCUT2D eigenvalue weighted by Gasteiger charge is -2.31. The highest BCUT2D eigenvalue weighted by Crippen LogP contribution is 2.30. The van der Waals surface area contributed by atoms with Gasteiger partial charge in [-0.15, -0.1) is 0 Å². The predicted octanol–water partition coefficient (Wildman–Crippen LogP) is 1.74. The van der Waals surface area contributed by atoms with Crippen LogP contribution in [0.5, 0.6) is 0 Å². The largest absolute Gasteiger partial charge is 0.403 e. The van der Waals surface area contributed by atoms with Gasteiger partial charge in [-0.25, -0.2) is 0 Å². The van der Waals surface area contributed by atoms with E-state index >= 15 is 0 Å². The lowest BCUT2D eigenvalue weighted by molar-refractivity contribution is -0.163. The Hall–Kier alpha value is -1.04. The van der Waals surface area contributed by atoms with Crippen molar-refractivity contribution < 1.29 is 13.2 Å². The number of nitrogens with one attached hydrogen (secondary N) is 1. The van der Waals surface area contributed by atoms with Gasteiger partial charge in [0.2, 0.25) is 0 Å². The maximum absolute atomic E-state index is 12.5. The molecular weight excluding hydrogens is 207 g/mol. The fraction of sp³-hybridized carbons (Fsp3) is 0.667. The summed E-state index contributed by atoms with van der Waals surface area (Å²) in [5.74, 6) is 0. The molecule has 3 nitrogen and oxygen atoms in total. The molecule has 6 heteroatoms. The molecule has 0 amide bonds. The van der Waals surface area contributed by atoms with Crippen LogP contribution in [0.25, 0.3) is 0 Å². The van der Waals surface area contributed by atoms with E-state index < -0.39 is 12.2 Å². The van der Waals surface area contributed by atoms with Gasteiger partial charge in [0.15, 0.2) is 0 Å². The second-order valence-corrected chi connectivity index (χ2v) is 3.71. The van der Waals surface area contributed by atoms with Crippen molar-refractivity contribution in [2.24, 2.45) is 0 Å². The van der Waals surface area contributed by atoms with Crippen molar-refractivity contribution in [2.75, 3.05) is 6.54 Å². The van der Waals surface area contributed by atoms with Crippen LogP contribution in [0, 0.1) is 0 Å². The minimum absolute atomic E-state index is 0.0607. The predicted molar refractivity (Wildman–Crippen MR) is 48.3 cm³/mol. The van der Waals surface area contributed by atoms with E-state index in [9.17, 15) is 13.2 Å². The molecule has 2 heterocycles. The standard InChI is InChI=1S/C9H12F3N3/c10-9(11,12)8-6-7(2-4-13-8)15-5-1-3-14-15/h1,3,5,7-8,13H,2,4,6H2/t7-,8+/m1/s1. The van der Waals surface area contributed by atoms with Crippen LogP contribution >= 0.6 is 0 Å². The van der Waals surface area contributed by atoms with Crippen molar-refractivity contribution in [2.45, 2.75) is 31.1 Å². The first-order valence-corrected chi connectivity index (χ1v) is 4.86. The highest BCUT2D eigenvalue weighted by atomic mass is 19.4. The van der Waals surface area contributed by atoms with Crippen LogP contribution in [0.1, 0.15) is 18.9 Å². The van der Waals surface area contributed by atoms with Gasteiger partial charge in [-0.1, -0.05) is 0 Å². The minimum atomic E-state index is -4.16. The van der Waals surface area contributed by atoms with Gasteiger partial charge < -0.3 is 5.32 Å². The molecule has 0 aromatic carbocycles. The summed E-state index contributed by atoms with van der Waals surface area (Å²) in [7, 11) is 0. The third-order valence-corrected chi connectivity index (χ3v) is 2.67. The Labute approximate surface area is 85.3 Å². The number of hydrogen-bond donors (Lipinski definition) is 1. The topological polar surface area (TPSA) is 29.9 Å². The molecule has 1 aromatic rings. The normalized spacial score (nSPS) is 27.9. The first-order chi connectivity index (χ1) is 7.07. The Balaban J connectivity index is 2.05. The summed E-state index contributed by atoms with van der Waals surface area (Å²) >= 11 is 0. The summed E-state index contributed by atoms with van der Waals surface area (Å²) in [5, 5.41) is 6.46. The van der Waals surface area contributed by atoms with E-state index in [0.717, 1.165) is 0 Å². The number of nitrogens with zero attached hydrogens (tertiary/aromatic N) is 2. The third-order valence-electron chi connectivity index (χ3n) is 2.67. The lowest BCUT2D eigenvalue weighted by atomic mass is 9.99. The Kier molecular flexibility index (Phi) is 2.68. The molecule has 1 aliphatic rings. The van der Waals surface area contributed by atoms with Gasteiger partial charge in [0.25, 0.3) is 0 Å². The first kappa shape index (κ1) is 10.5. The van der Waals surface area contributed by atoms with E-state index in [1.54, 1.807) is 23.1 Å². The highest BCUT2D eigenvalue weighted by molar-refractivity contribution is 4.89. The summed E-state index contributed by atoms with van der Waals surface area (Å²) in [5.41, 5.74) is 0. The number of hydrogen-bond acceptors (Lipinski definition) is 2. The molecule has 2 rings (SSSR count). The van der Waals surface area contributed by atoms with Gasteiger partial charge in [0, 0.05) is 12.4 Å². The van der Waals surface area contributed by atoms with E-state index in [2.05, 4.69) is 10.4 Å². The van der Waals surface area contributed by atoms with Crippen molar-refractivity contribution >= 4 is 0 Å². The van der Waals surface area contributed by atoms with E-state index in [1.165, 1.54) is 0 Å². The van der Waals surface area contributed by atoms with E-state index in [4.69, 9.17) is 0 Å². The molecule has 0 aliphatic carbocycles. The SMILES string of the molecule is FC(F)(F)[C@@H]1C[C@H](n2cccn2)CCN1. The quantitative estimate of drug-likeness (QED) is 0.779. The zero-order chi connectivity index (χ0) is 10.9. The first-order valence-electron chi connectivity index (χ1n) is 4.86. The molecule has 1 saturated heterocycles. The number of halogens is 3. The van der Waals surface area contributed by atoms with Gasteiger partial charge in [0.1, 0.15) is 6.04 Å². The van der Waals surface area contributed by atoms with Crippen LogP contribution in [0.3, 0.4) is 0 Å². The smallest absolute Gasteiger partial charge is 0.306 e. The second-order valence-electron chi connectivity index (χ2n) is 3.71. The summed E-state index contributed by atoms with van der Waals surface area (Å²) in [6.07, 6.45) is -0.112. The molecule has 84 valence electrons. The molecule has 1 fully saturated rings. The molecule has 15 heavy (non-hydrogen) atoms. The fourth-order valence-electron chi connectivity index (χ4n) is 1.88. The zero-order valence-corrected chi connectivity index (χ0v) is 8.04. The Bertz CT molecular complexity index is 307. The van der Waals surface area contributed by atoms with Crippen LogP contribution in [-0.4, -0.2) is 28.5 Å². The maximum atomic E-state index is 12.5. The summed E-state index contributed by atoms with van der Waals surface area (Å²) < 4.78 is 39.0. The minimum Gasteiger partial charge on any atom is -0.306 e. The van der Waals surface area contributed by atoms with Crippen LogP contribution in [0.2, 0.25) is 0 Å². The van der Waals surface area contributed by atoms with E-state index in [-0.39, 0.29) is 12.5 Å². The number of rotatable bonds is 1. The molecule has 0 spiro atoms. The second kappa shape index (κ2) is 3.84. The van der Waals surface area contributed by atoms with Crippen molar-refractivity contribution in [1.29, 1.82) is 0 Å². The van der Waals surface area contributed by atoms with Gasteiger partial charge in [-0.3, -0.25) is 4.68 Å². The molecule has 0 bridgehead atoms. The fourth-order valence-corrected chi connectivity index (χ4v) is 1.88. The van der Waals surface area contributed by atoms with Crippen molar-refractivity contribution in [1.82, 2.24) is 15.1 Å². The lowest BCUT2D eigenvalue weighted by Crippen LogP contribution is -2.48. The van der Waals surface area contributed by atoms with E-state index in [1.807, 2.05) is 0 Å². The van der Waals surface area contributed by atoms with Gasteiger partial charge in [-0.05, 0) is 25.5 Å². The van der Waals surface area contributed by atoms with Crippen LogP contribution in [0.15, 0.2) is 18.5 Å². The average molecular weight is 219 g/mol. The van der Waals surface area contributed by atoms with Gasteiger partial charge in [-0.2, -0.15) is 18.3 Å². The molecule has 0 radical (unpaired) electrons. The molecule has 1 aliphatic heterocycles.